The van der Waals surface area contributed by atoms with E-state index in [4.69, 9.17) is 0 Å². The summed E-state index contributed by atoms with van der Waals surface area (Å²) in [7, 11) is 0. The molecule has 4 heteroatoms. The van der Waals surface area contributed by atoms with E-state index in [0.717, 1.165) is 18.7 Å². The van der Waals surface area contributed by atoms with E-state index >= 15 is 0 Å². The number of nitrogens with zero attached hydrogens (tertiary/aromatic N) is 3. The first-order valence-electron chi connectivity index (χ1n) is 3.27. The minimum atomic E-state index is 0.776. The first-order valence-corrected chi connectivity index (χ1v) is 3.27. The second-order valence-corrected chi connectivity index (χ2v) is 1.94. The van der Waals surface area contributed by atoms with Crippen molar-refractivity contribution >= 4 is 0 Å². The van der Waals surface area contributed by atoms with Crippen LogP contribution in [0.25, 0.3) is 0 Å². The number of H-pyrrole nitrogens is 1. The van der Waals surface area contributed by atoms with Gasteiger partial charge in [0.15, 0.2) is 5.82 Å². The van der Waals surface area contributed by atoms with Crippen LogP contribution in [0.15, 0.2) is 12.2 Å². The summed E-state index contributed by atoms with van der Waals surface area (Å²) in [5.41, 5.74) is 0. The molecule has 0 saturated heterocycles. The van der Waals surface area contributed by atoms with Gasteiger partial charge in [-0.2, -0.15) is 5.21 Å². The Bertz CT molecular complexity index is 190. The fourth-order valence-corrected chi connectivity index (χ4v) is 0.668. The molecule has 0 amide bonds. The van der Waals surface area contributed by atoms with Crippen LogP contribution in [0.1, 0.15) is 19.2 Å². The van der Waals surface area contributed by atoms with Gasteiger partial charge < -0.3 is 0 Å². The number of aromatic nitrogens is 4. The van der Waals surface area contributed by atoms with Gasteiger partial charge >= 0.3 is 0 Å². The average Bonchev–Trinajstić information content (AvgIpc) is 2.41. The lowest BCUT2D eigenvalue weighted by Crippen LogP contribution is -1.85. The zero-order chi connectivity index (χ0) is 7.23. The maximum absolute atomic E-state index is 3.81. The molecule has 0 aliphatic heterocycles. The van der Waals surface area contributed by atoms with E-state index in [2.05, 4.69) is 26.7 Å². The molecule has 1 aromatic heterocycles. The predicted octanol–water partition coefficient (Wildman–Crippen LogP) is 0.708. The topological polar surface area (TPSA) is 54.5 Å². The fourth-order valence-electron chi connectivity index (χ4n) is 0.668. The molecule has 0 aliphatic carbocycles. The number of hydrogen-bond acceptors (Lipinski definition) is 3. The Morgan fingerprint density at radius 2 is 2.50 bits per heavy atom. The van der Waals surface area contributed by atoms with Gasteiger partial charge in [0.05, 0.1) is 0 Å². The molecular formula is C6H10N4. The van der Waals surface area contributed by atoms with Crippen molar-refractivity contribution in [2.24, 2.45) is 0 Å². The van der Waals surface area contributed by atoms with Gasteiger partial charge in [-0.3, -0.25) is 0 Å². The average molecular weight is 138 g/mol. The van der Waals surface area contributed by atoms with Gasteiger partial charge in [0.1, 0.15) is 0 Å². The zero-order valence-corrected chi connectivity index (χ0v) is 5.91. The summed E-state index contributed by atoms with van der Waals surface area (Å²) in [6.45, 7) is 2.00. The van der Waals surface area contributed by atoms with Crippen molar-refractivity contribution in [2.75, 3.05) is 0 Å². The predicted molar refractivity (Wildman–Crippen MR) is 37.3 cm³/mol. The Kier molecular flexibility index (Phi) is 2.61. The van der Waals surface area contributed by atoms with Gasteiger partial charge in [0, 0.05) is 6.42 Å². The molecule has 0 unspecified atom stereocenters. The normalized spacial score (nSPS) is 10.9. The molecular weight excluding hydrogens is 128 g/mol. The molecule has 0 aromatic carbocycles. The number of aromatic amines is 1. The third-order valence-electron chi connectivity index (χ3n) is 1.16. The maximum atomic E-state index is 3.81. The zero-order valence-electron chi connectivity index (χ0n) is 5.91. The van der Waals surface area contributed by atoms with Gasteiger partial charge in [-0.1, -0.05) is 17.4 Å². The Labute approximate surface area is 59.3 Å². The monoisotopic (exact) mass is 138 g/mol. The molecule has 0 saturated carbocycles. The van der Waals surface area contributed by atoms with E-state index in [1.165, 1.54) is 0 Å². The Balaban J connectivity index is 2.28. The van der Waals surface area contributed by atoms with Gasteiger partial charge in [0.25, 0.3) is 0 Å². The number of hydrogen-bond donors (Lipinski definition) is 1. The second kappa shape index (κ2) is 3.76. The molecule has 0 bridgehead atoms. The van der Waals surface area contributed by atoms with Crippen LogP contribution < -0.4 is 0 Å². The molecule has 0 aliphatic rings. The summed E-state index contributed by atoms with van der Waals surface area (Å²) in [6, 6.07) is 0. The highest BCUT2D eigenvalue weighted by molar-refractivity contribution is 4.84. The van der Waals surface area contributed by atoms with Crippen LogP contribution in [0.3, 0.4) is 0 Å². The molecule has 0 fully saturated rings. The highest BCUT2D eigenvalue weighted by Crippen LogP contribution is 1.92. The SMILES string of the molecule is CC=CCCc1nn[nH]n1. The van der Waals surface area contributed by atoms with Crippen LogP contribution in [0, 0.1) is 0 Å². The Hall–Kier alpha value is -1.19. The van der Waals surface area contributed by atoms with Crippen LogP contribution in [-0.4, -0.2) is 20.6 Å². The number of allylic oxidation sites excluding steroid dienone is 2. The largest absolute Gasteiger partial charge is 0.177 e. The first kappa shape index (κ1) is 6.92. The molecule has 0 atom stereocenters. The van der Waals surface area contributed by atoms with Crippen molar-refractivity contribution in [1.29, 1.82) is 0 Å². The van der Waals surface area contributed by atoms with Crippen molar-refractivity contribution in [1.82, 2.24) is 20.6 Å². The van der Waals surface area contributed by atoms with Crippen molar-refractivity contribution < 1.29 is 0 Å². The summed E-state index contributed by atoms with van der Waals surface area (Å²) in [6.07, 6.45) is 5.94. The summed E-state index contributed by atoms with van der Waals surface area (Å²) in [5, 5.41) is 13.5. The maximum Gasteiger partial charge on any atom is 0.174 e. The third-order valence-corrected chi connectivity index (χ3v) is 1.16. The van der Waals surface area contributed by atoms with Crippen LogP contribution in [-0.2, 0) is 6.42 Å². The lowest BCUT2D eigenvalue weighted by atomic mass is 10.3. The van der Waals surface area contributed by atoms with E-state index in [-0.39, 0.29) is 0 Å². The highest BCUT2D eigenvalue weighted by atomic mass is 15.5. The Morgan fingerprint density at radius 3 is 3.10 bits per heavy atom. The van der Waals surface area contributed by atoms with Gasteiger partial charge in [-0.15, -0.1) is 10.2 Å². The van der Waals surface area contributed by atoms with Crippen molar-refractivity contribution in [3.05, 3.63) is 18.0 Å². The summed E-state index contributed by atoms with van der Waals surface area (Å²) in [4.78, 5) is 0. The van der Waals surface area contributed by atoms with Crippen LogP contribution >= 0.6 is 0 Å². The summed E-state index contributed by atoms with van der Waals surface area (Å²) >= 11 is 0. The molecule has 0 radical (unpaired) electrons. The van der Waals surface area contributed by atoms with Crippen LogP contribution in [0.4, 0.5) is 0 Å². The fraction of sp³-hybridized carbons (Fsp3) is 0.500. The number of aryl methyl sites for hydroxylation is 1. The summed E-state index contributed by atoms with van der Waals surface area (Å²) < 4.78 is 0. The lowest BCUT2D eigenvalue weighted by Gasteiger charge is -1.84. The molecule has 54 valence electrons. The van der Waals surface area contributed by atoms with Crippen molar-refractivity contribution in [3.8, 4) is 0 Å². The lowest BCUT2D eigenvalue weighted by molar-refractivity contribution is 0.881. The molecule has 1 heterocycles. The van der Waals surface area contributed by atoms with Crippen LogP contribution in [0.2, 0.25) is 0 Å². The molecule has 4 nitrogen and oxygen atoms in total. The third kappa shape index (κ3) is 1.97. The minimum Gasteiger partial charge on any atom is -0.177 e. The summed E-state index contributed by atoms with van der Waals surface area (Å²) in [5.74, 6) is 0.776. The highest BCUT2D eigenvalue weighted by Gasteiger charge is 1.93. The number of tetrazole rings is 1. The smallest absolute Gasteiger partial charge is 0.174 e. The van der Waals surface area contributed by atoms with E-state index in [0.29, 0.717) is 0 Å². The minimum absolute atomic E-state index is 0.776. The van der Waals surface area contributed by atoms with Gasteiger partial charge in [-0.25, -0.2) is 0 Å². The van der Waals surface area contributed by atoms with E-state index in [1.807, 2.05) is 13.0 Å². The van der Waals surface area contributed by atoms with Crippen molar-refractivity contribution in [2.45, 2.75) is 19.8 Å². The molecule has 1 aromatic rings. The van der Waals surface area contributed by atoms with Gasteiger partial charge in [-0.05, 0) is 13.3 Å². The standard InChI is InChI=1S/C6H10N4/c1-2-3-4-5-6-7-9-10-8-6/h2-3H,4-5H2,1H3,(H,7,8,9,10). The van der Waals surface area contributed by atoms with Crippen LogP contribution in [0.5, 0.6) is 0 Å². The van der Waals surface area contributed by atoms with E-state index in [1.54, 1.807) is 0 Å². The van der Waals surface area contributed by atoms with E-state index in [9.17, 15) is 0 Å². The number of nitrogens with one attached hydrogen (secondary N) is 1. The molecule has 1 N–H and O–H groups in total. The van der Waals surface area contributed by atoms with E-state index < -0.39 is 0 Å². The molecule has 0 spiro atoms. The number of rotatable bonds is 3. The second-order valence-electron chi connectivity index (χ2n) is 1.94. The van der Waals surface area contributed by atoms with Crippen molar-refractivity contribution in [3.63, 3.8) is 0 Å². The quantitative estimate of drug-likeness (QED) is 0.626. The van der Waals surface area contributed by atoms with Gasteiger partial charge in [0.2, 0.25) is 0 Å². The molecule has 1 rings (SSSR count). The Morgan fingerprint density at radius 1 is 1.60 bits per heavy atom. The first-order chi connectivity index (χ1) is 4.93. The molecule has 10 heavy (non-hydrogen) atoms.